The van der Waals surface area contributed by atoms with Crippen molar-refractivity contribution in [3.05, 3.63) is 35.5 Å². The van der Waals surface area contributed by atoms with Crippen molar-refractivity contribution < 1.29 is 5.21 Å². The molecule has 0 aliphatic heterocycles. The van der Waals surface area contributed by atoms with E-state index in [1.165, 1.54) is 6.20 Å². The standard InChI is InChI=1S/C9H7ClN2O/c10-8-5-11-9(12-13)7-4-2-1-3-6(7)8/h1-5,13H,(H,11,12). The molecule has 0 saturated carbocycles. The highest BCUT2D eigenvalue weighted by Gasteiger charge is 2.03. The van der Waals surface area contributed by atoms with E-state index in [1.807, 2.05) is 29.7 Å². The summed E-state index contributed by atoms with van der Waals surface area (Å²) in [6.45, 7) is 0. The van der Waals surface area contributed by atoms with Crippen LogP contribution in [0.2, 0.25) is 5.02 Å². The van der Waals surface area contributed by atoms with Crippen molar-refractivity contribution in [3.8, 4) is 0 Å². The fourth-order valence-electron chi connectivity index (χ4n) is 1.25. The van der Waals surface area contributed by atoms with Gasteiger partial charge in [-0.05, 0) is 0 Å². The minimum Gasteiger partial charge on any atom is -0.290 e. The number of nitrogens with zero attached hydrogens (tertiary/aromatic N) is 1. The smallest absolute Gasteiger partial charge is 0.157 e. The second-order valence-corrected chi connectivity index (χ2v) is 3.02. The summed E-state index contributed by atoms with van der Waals surface area (Å²) in [6, 6.07) is 7.46. The molecule has 2 aromatic rings. The van der Waals surface area contributed by atoms with Gasteiger partial charge in [-0.25, -0.2) is 4.98 Å². The van der Waals surface area contributed by atoms with Gasteiger partial charge in [0.1, 0.15) is 0 Å². The van der Waals surface area contributed by atoms with Crippen LogP contribution in [0, 0.1) is 0 Å². The van der Waals surface area contributed by atoms with Crippen LogP contribution >= 0.6 is 11.6 Å². The van der Waals surface area contributed by atoms with E-state index < -0.39 is 0 Å². The molecule has 2 N–H and O–H groups in total. The Morgan fingerprint density at radius 2 is 1.92 bits per heavy atom. The van der Waals surface area contributed by atoms with E-state index in [1.54, 1.807) is 0 Å². The topological polar surface area (TPSA) is 45.1 Å². The van der Waals surface area contributed by atoms with E-state index in [0.29, 0.717) is 10.8 Å². The van der Waals surface area contributed by atoms with Crippen molar-refractivity contribution in [3.63, 3.8) is 0 Å². The van der Waals surface area contributed by atoms with Crippen LogP contribution in [-0.4, -0.2) is 10.2 Å². The lowest BCUT2D eigenvalue weighted by Gasteiger charge is -2.04. The molecule has 1 heterocycles. The van der Waals surface area contributed by atoms with Gasteiger partial charge < -0.3 is 0 Å². The zero-order valence-electron chi connectivity index (χ0n) is 6.66. The van der Waals surface area contributed by atoms with Gasteiger partial charge in [0.25, 0.3) is 0 Å². The molecular weight excluding hydrogens is 188 g/mol. The molecule has 0 amide bonds. The summed E-state index contributed by atoms with van der Waals surface area (Å²) in [6.07, 6.45) is 1.50. The molecule has 66 valence electrons. The minimum absolute atomic E-state index is 0.417. The molecule has 13 heavy (non-hydrogen) atoms. The summed E-state index contributed by atoms with van der Waals surface area (Å²) >= 11 is 5.91. The van der Waals surface area contributed by atoms with Crippen molar-refractivity contribution in [1.29, 1.82) is 0 Å². The van der Waals surface area contributed by atoms with Gasteiger partial charge in [0, 0.05) is 17.0 Å². The first-order chi connectivity index (χ1) is 6.33. The molecule has 0 unspecified atom stereocenters. The van der Waals surface area contributed by atoms with Crippen LogP contribution in [-0.2, 0) is 0 Å². The summed E-state index contributed by atoms with van der Waals surface area (Å²) in [5.74, 6) is 0.417. The van der Waals surface area contributed by atoms with Crippen LogP contribution in [0.4, 0.5) is 5.82 Å². The SMILES string of the molecule is ONc1ncc(Cl)c2ccccc12. The lowest BCUT2D eigenvalue weighted by molar-refractivity contribution is 0.387. The van der Waals surface area contributed by atoms with Crippen molar-refractivity contribution in [2.24, 2.45) is 0 Å². The van der Waals surface area contributed by atoms with Crippen molar-refractivity contribution in [1.82, 2.24) is 4.98 Å². The van der Waals surface area contributed by atoms with Gasteiger partial charge >= 0.3 is 0 Å². The largest absolute Gasteiger partial charge is 0.290 e. The normalized spacial score (nSPS) is 10.3. The Morgan fingerprint density at radius 3 is 2.62 bits per heavy atom. The van der Waals surface area contributed by atoms with E-state index in [0.717, 1.165) is 10.8 Å². The number of rotatable bonds is 1. The van der Waals surface area contributed by atoms with Crippen LogP contribution in [0.3, 0.4) is 0 Å². The van der Waals surface area contributed by atoms with Gasteiger partial charge in [-0.1, -0.05) is 35.9 Å². The van der Waals surface area contributed by atoms with Crippen LogP contribution in [0.1, 0.15) is 0 Å². The number of aromatic nitrogens is 1. The van der Waals surface area contributed by atoms with Crippen LogP contribution in [0.25, 0.3) is 10.8 Å². The summed E-state index contributed by atoms with van der Waals surface area (Å²) < 4.78 is 0. The molecule has 0 spiro atoms. The van der Waals surface area contributed by atoms with E-state index in [9.17, 15) is 0 Å². The number of pyridine rings is 1. The van der Waals surface area contributed by atoms with Crippen LogP contribution in [0.5, 0.6) is 0 Å². The maximum absolute atomic E-state index is 8.77. The number of halogens is 1. The molecule has 0 aliphatic carbocycles. The lowest BCUT2D eigenvalue weighted by Crippen LogP contribution is -1.93. The summed E-state index contributed by atoms with van der Waals surface area (Å²) in [7, 11) is 0. The molecule has 0 aliphatic rings. The van der Waals surface area contributed by atoms with Gasteiger partial charge in [-0.3, -0.25) is 10.7 Å². The number of hydrogen-bond donors (Lipinski definition) is 2. The highest BCUT2D eigenvalue weighted by atomic mass is 35.5. The van der Waals surface area contributed by atoms with E-state index in [-0.39, 0.29) is 0 Å². The quantitative estimate of drug-likeness (QED) is 0.687. The average Bonchev–Trinajstić information content (AvgIpc) is 2.19. The molecule has 0 saturated heterocycles. The fraction of sp³-hybridized carbons (Fsp3) is 0. The van der Waals surface area contributed by atoms with Crippen LogP contribution in [0.15, 0.2) is 30.5 Å². The Labute approximate surface area is 79.9 Å². The van der Waals surface area contributed by atoms with Crippen molar-refractivity contribution in [2.75, 3.05) is 5.48 Å². The summed E-state index contributed by atoms with van der Waals surface area (Å²) in [5, 5.41) is 11.0. The predicted molar refractivity (Wildman–Crippen MR) is 52.2 cm³/mol. The Balaban J connectivity index is 2.84. The molecule has 2 rings (SSSR count). The van der Waals surface area contributed by atoms with Gasteiger partial charge in [-0.2, -0.15) is 0 Å². The number of benzene rings is 1. The van der Waals surface area contributed by atoms with E-state index >= 15 is 0 Å². The van der Waals surface area contributed by atoms with Gasteiger partial charge in [0.2, 0.25) is 0 Å². The summed E-state index contributed by atoms with van der Waals surface area (Å²) in [4.78, 5) is 3.93. The maximum Gasteiger partial charge on any atom is 0.157 e. The third-order valence-corrected chi connectivity index (χ3v) is 2.15. The third kappa shape index (κ3) is 1.32. The highest BCUT2D eigenvalue weighted by molar-refractivity contribution is 6.35. The lowest BCUT2D eigenvalue weighted by atomic mass is 10.2. The molecular formula is C9H7ClN2O. The van der Waals surface area contributed by atoms with Gasteiger partial charge in [0.05, 0.1) is 5.02 Å². The first-order valence-corrected chi connectivity index (χ1v) is 4.14. The predicted octanol–water partition coefficient (Wildman–Crippen LogP) is 2.69. The number of nitrogens with one attached hydrogen (secondary N) is 1. The number of hydrogen-bond acceptors (Lipinski definition) is 3. The second-order valence-electron chi connectivity index (χ2n) is 2.61. The molecule has 1 aromatic carbocycles. The van der Waals surface area contributed by atoms with E-state index in [2.05, 4.69) is 4.98 Å². The van der Waals surface area contributed by atoms with Gasteiger partial charge in [-0.15, -0.1) is 0 Å². The molecule has 0 bridgehead atoms. The zero-order chi connectivity index (χ0) is 9.26. The second kappa shape index (κ2) is 3.20. The first kappa shape index (κ1) is 8.29. The molecule has 3 nitrogen and oxygen atoms in total. The Hall–Kier alpha value is -1.32. The zero-order valence-corrected chi connectivity index (χ0v) is 7.42. The summed E-state index contributed by atoms with van der Waals surface area (Å²) in [5.41, 5.74) is 2.03. The van der Waals surface area contributed by atoms with E-state index in [4.69, 9.17) is 16.8 Å². The molecule has 0 radical (unpaired) electrons. The number of anilines is 1. The maximum atomic E-state index is 8.77. The highest BCUT2D eigenvalue weighted by Crippen LogP contribution is 2.26. The minimum atomic E-state index is 0.417. The molecule has 4 heteroatoms. The fourth-order valence-corrected chi connectivity index (χ4v) is 1.46. The van der Waals surface area contributed by atoms with Crippen molar-refractivity contribution in [2.45, 2.75) is 0 Å². The Morgan fingerprint density at radius 1 is 1.23 bits per heavy atom. The first-order valence-electron chi connectivity index (χ1n) is 3.76. The molecule has 0 fully saturated rings. The Kier molecular flexibility index (Phi) is 2.04. The third-order valence-electron chi connectivity index (χ3n) is 1.85. The van der Waals surface area contributed by atoms with Crippen molar-refractivity contribution >= 4 is 28.2 Å². The van der Waals surface area contributed by atoms with Gasteiger partial charge in [0.15, 0.2) is 5.82 Å². The Bertz CT molecular complexity index is 445. The average molecular weight is 195 g/mol. The number of fused-ring (bicyclic) bond motifs is 1. The molecule has 1 aromatic heterocycles. The van der Waals surface area contributed by atoms with Crippen LogP contribution < -0.4 is 5.48 Å². The molecule has 0 atom stereocenters. The monoisotopic (exact) mass is 194 g/mol.